The van der Waals surface area contributed by atoms with E-state index in [-0.39, 0.29) is 21.5 Å². The van der Waals surface area contributed by atoms with E-state index in [9.17, 15) is 27.9 Å². The maximum atomic E-state index is 14.3. The molecule has 0 saturated carbocycles. The number of hydrogen-bond donors (Lipinski definition) is 2. The van der Waals surface area contributed by atoms with Crippen LogP contribution in [0.2, 0.25) is 0 Å². The van der Waals surface area contributed by atoms with Crippen LogP contribution in [0.25, 0.3) is 16.6 Å². The highest BCUT2D eigenvalue weighted by Crippen LogP contribution is 2.28. The minimum Gasteiger partial charge on any atom is -0.477 e. The lowest BCUT2D eigenvalue weighted by Crippen LogP contribution is -2.19. The minimum atomic E-state index is -1.54. The highest BCUT2D eigenvalue weighted by Gasteiger charge is 2.19. The molecule has 0 aliphatic carbocycles. The normalized spacial score (nSPS) is 11.1. The Kier molecular flexibility index (Phi) is 5.24. The van der Waals surface area contributed by atoms with Gasteiger partial charge in [0.15, 0.2) is 0 Å². The molecule has 3 aromatic rings. The standard InChI is InChI=1S/C18H13F3N2O3S/c19-9-1-2-14(12(20)5-9)23-8-11(18(25)26)17(24)10-6-13(21)16(7-15(10)23)27-4-3-22/h1-2,5-8H,3-4,22H2,(H,25,26). The van der Waals surface area contributed by atoms with E-state index in [4.69, 9.17) is 5.73 Å². The van der Waals surface area contributed by atoms with Gasteiger partial charge in [-0.25, -0.2) is 18.0 Å². The van der Waals surface area contributed by atoms with Crippen LogP contribution in [0.1, 0.15) is 10.4 Å². The first-order valence-corrected chi connectivity index (χ1v) is 8.72. The molecule has 5 nitrogen and oxygen atoms in total. The first-order chi connectivity index (χ1) is 12.8. The highest BCUT2D eigenvalue weighted by molar-refractivity contribution is 7.99. The predicted octanol–water partition coefficient (Wildman–Crippen LogP) is 3.16. The van der Waals surface area contributed by atoms with E-state index in [1.165, 1.54) is 6.07 Å². The zero-order valence-electron chi connectivity index (χ0n) is 13.7. The van der Waals surface area contributed by atoms with Crippen LogP contribution >= 0.6 is 11.8 Å². The van der Waals surface area contributed by atoms with Gasteiger partial charge in [0.2, 0.25) is 5.43 Å². The van der Waals surface area contributed by atoms with Crippen LogP contribution < -0.4 is 11.2 Å². The summed E-state index contributed by atoms with van der Waals surface area (Å²) in [6, 6.07) is 4.97. The average molecular weight is 394 g/mol. The number of halogens is 3. The Morgan fingerprint density at radius 2 is 1.89 bits per heavy atom. The number of benzene rings is 2. The lowest BCUT2D eigenvalue weighted by Gasteiger charge is -2.15. The molecule has 0 aliphatic rings. The number of thioether (sulfide) groups is 1. The number of nitrogens with two attached hydrogens (primary N) is 1. The van der Waals surface area contributed by atoms with Gasteiger partial charge in [-0.1, -0.05) is 0 Å². The molecule has 2 aromatic carbocycles. The van der Waals surface area contributed by atoms with Crippen LogP contribution in [-0.4, -0.2) is 27.9 Å². The molecule has 1 heterocycles. The second kappa shape index (κ2) is 7.45. The molecule has 3 N–H and O–H groups in total. The van der Waals surface area contributed by atoms with Crippen molar-refractivity contribution in [1.29, 1.82) is 0 Å². The summed E-state index contributed by atoms with van der Waals surface area (Å²) in [5, 5.41) is 9.04. The summed E-state index contributed by atoms with van der Waals surface area (Å²) in [7, 11) is 0. The molecule has 27 heavy (non-hydrogen) atoms. The van der Waals surface area contributed by atoms with Crippen molar-refractivity contribution in [2.75, 3.05) is 12.3 Å². The maximum Gasteiger partial charge on any atom is 0.341 e. The van der Waals surface area contributed by atoms with Crippen LogP contribution in [0.5, 0.6) is 0 Å². The number of pyridine rings is 1. The van der Waals surface area contributed by atoms with Crippen molar-refractivity contribution >= 4 is 28.6 Å². The molecule has 0 fully saturated rings. The largest absolute Gasteiger partial charge is 0.477 e. The molecule has 0 aliphatic heterocycles. The van der Waals surface area contributed by atoms with Gasteiger partial charge in [0.1, 0.15) is 23.0 Å². The smallest absolute Gasteiger partial charge is 0.341 e. The Labute approximate surface area is 155 Å². The fourth-order valence-electron chi connectivity index (χ4n) is 2.63. The van der Waals surface area contributed by atoms with Crippen LogP contribution in [0.15, 0.2) is 46.2 Å². The van der Waals surface area contributed by atoms with E-state index in [1.807, 2.05) is 0 Å². The number of rotatable bonds is 5. The molecule has 0 bridgehead atoms. The van der Waals surface area contributed by atoms with Crippen LogP contribution in [0.4, 0.5) is 13.2 Å². The first-order valence-electron chi connectivity index (χ1n) is 7.74. The first kappa shape index (κ1) is 19.0. The molecule has 140 valence electrons. The van der Waals surface area contributed by atoms with Crippen molar-refractivity contribution in [3.8, 4) is 5.69 Å². The number of hydrogen-bond acceptors (Lipinski definition) is 4. The van der Waals surface area contributed by atoms with Gasteiger partial charge < -0.3 is 15.4 Å². The lowest BCUT2D eigenvalue weighted by molar-refractivity contribution is 0.0695. The molecule has 9 heteroatoms. The van der Waals surface area contributed by atoms with Gasteiger partial charge >= 0.3 is 5.97 Å². The summed E-state index contributed by atoms with van der Waals surface area (Å²) in [6.45, 7) is 0.291. The monoisotopic (exact) mass is 394 g/mol. The Morgan fingerprint density at radius 3 is 2.52 bits per heavy atom. The zero-order chi connectivity index (χ0) is 19.7. The molecule has 0 amide bonds. The van der Waals surface area contributed by atoms with Gasteiger partial charge in [-0.15, -0.1) is 11.8 Å². The summed E-state index contributed by atoms with van der Waals surface area (Å²) in [6.07, 6.45) is 0.943. The van der Waals surface area contributed by atoms with E-state index >= 15 is 0 Å². The maximum absolute atomic E-state index is 14.3. The topological polar surface area (TPSA) is 85.3 Å². The quantitative estimate of drug-likeness (QED) is 0.650. The van der Waals surface area contributed by atoms with Crippen LogP contribution in [0.3, 0.4) is 0 Å². The van der Waals surface area contributed by atoms with Crippen molar-refractivity contribution in [3.63, 3.8) is 0 Å². The summed E-state index contributed by atoms with van der Waals surface area (Å²) < 4.78 is 43.0. The lowest BCUT2D eigenvalue weighted by atomic mass is 10.1. The van der Waals surface area contributed by atoms with Gasteiger partial charge in [0.25, 0.3) is 0 Å². The van der Waals surface area contributed by atoms with Crippen LogP contribution in [0, 0.1) is 17.5 Å². The Morgan fingerprint density at radius 1 is 1.15 bits per heavy atom. The highest BCUT2D eigenvalue weighted by atomic mass is 32.2. The van der Waals surface area contributed by atoms with E-state index in [0.29, 0.717) is 18.4 Å². The second-order valence-electron chi connectivity index (χ2n) is 5.58. The predicted molar refractivity (Wildman–Crippen MR) is 96.2 cm³/mol. The van der Waals surface area contributed by atoms with Gasteiger partial charge in [-0.2, -0.15) is 0 Å². The number of fused-ring (bicyclic) bond motifs is 1. The molecule has 3 rings (SSSR count). The van der Waals surface area contributed by atoms with E-state index in [2.05, 4.69) is 0 Å². The van der Waals surface area contributed by atoms with Crippen molar-refractivity contribution in [3.05, 3.63) is 69.8 Å². The third-order valence-electron chi connectivity index (χ3n) is 3.83. The fourth-order valence-corrected chi connectivity index (χ4v) is 3.36. The summed E-state index contributed by atoms with van der Waals surface area (Å²) >= 11 is 1.10. The number of aromatic nitrogens is 1. The van der Waals surface area contributed by atoms with Crippen molar-refractivity contribution in [2.24, 2.45) is 5.73 Å². The Bertz CT molecular complexity index is 1120. The summed E-state index contributed by atoms with van der Waals surface area (Å²) in [4.78, 5) is 24.0. The Hall–Kier alpha value is -2.78. The van der Waals surface area contributed by atoms with Gasteiger partial charge in [0.05, 0.1) is 11.2 Å². The molecule has 0 saturated heterocycles. The number of nitrogens with zero attached hydrogens (tertiary/aromatic N) is 1. The fraction of sp³-hybridized carbons (Fsp3) is 0.111. The Balaban J connectivity index is 2.40. The molecule has 0 unspecified atom stereocenters. The third kappa shape index (κ3) is 3.56. The third-order valence-corrected chi connectivity index (χ3v) is 4.90. The molecule has 1 aromatic heterocycles. The summed E-state index contributed by atoms with van der Waals surface area (Å²) in [5.41, 5.74) is 3.78. The van der Waals surface area contributed by atoms with E-state index in [0.717, 1.165) is 40.7 Å². The summed E-state index contributed by atoms with van der Waals surface area (Å²) in [5.74, 6) is -3.63. The molecule has 0 radical (unpaired) electrons. The SMILES string of the molecule is NCCSc1cc2c(cc1F)c(=O)c(C(=O)O)cn2-c1ccc(F)cc1F. The minimum absolute atomic E-state index is 0.0939. The average Bonchev–Trinajstić information content (AvgIpc) is 2.61. The number of aromatic carboxylic acids is 1. The van der Waals surface area contributed by atoms with Gasteiger partial charge in [-0.05, 0) is 24.3 Å². The van der Waals surface area contributed by atoms with Crippen molar-refractivity contribution < 1.29 is 23.1 Å². The molecular formula is C18H13F3N2O3S. The van der Waals surface area contributed by atoms with Gasteiger partial charge in [-0.3, -0.25) is 4.79 Å². The number of carbonyl (C=O) groups is 1. The molecule has 0 spiro atoms. The van der Waals surface area contributed by atoms with Gasteiger partial charge in [0, 0.05) is 34.8 Å². The van der Waals surface area contributed by atoms with E-state index < -0.39 is 34.4 Å². The molecular weight excluding hydrogens is 381 g/mol. The number of carboxylic acids is 1. The van der Waals surface area contributed by atoms with E-state index in [1.54, 1.807) is 0 Å². The van der Waals surface area contributed by atoms with Crippen molar-refractivity contribution in [1.82, 2.24) is 4.57 Å². The second-order valence-corrected chi connectivity index (χ2v) is 6.72. The number of carboxylic acid groups (broad SMARTS) is 1. The van der Waals surface area contributed by atoms with Crippen molar-refractivity contribution in [2.45, 2.75) is 4.90 Å². The zero-order valence-corrected chi connectivity index (χ0v) is 14.5. The molecule has 0 atom stereocenters. The van der Waals surface area contributed by atoms with Crippen LogP contribution in [-0.2, 0) is 0 Å².